The van der Waals surface area contributed by atoms with Crippen molar-refractivity contribution in [1.29, 1.82) is 0 Å². The Balaban J connectivity index is 1.29. The van der Waals surface area contributed by atoms with Crippen molar-refractivity contribution >= 4 is 39.8 Å². The lowest BCUT2D eigenvalue weighted by Crippen LogP contribution is -2.48. The van der Waals surface area contributed by atoms with E-state index in [-0.39, 0.29) is 23.1 Å². The SMILES string of the molecule is Cc1ncc(Nc2nc(N3CCCC(NC(=O)c4ccc(C5CC5)cc4F)C3)cnc2C(N)=O)s1. The third-order valence-corrected chi connectivity index (χ3v) is 7.05. The van der Waals surface area contributed by atoms with Crippen LogP contribution in [-0.4, -0.2) is 45.9 Å². The molecule has 4 N–H and O–H groups in total. The van der Waals surface area contributed by atoms with Crippen molar-refractivity contribution < 1.29 is 14.0 Å². The number of aromatic nitrogens is 3. The molecule has 1 saturated heterocycles. The van der Waals surface area contributed by atoms with Gasteiger partial charge in [0.05, 0.1) is 23.0 Å². The number of carbonyl (C=O) groups excluding carboxylic acids is 2. The molecule has 2 amide bonds. The molecule has 2 aliphatic rings. The van der Waals surface area contributed by atoms with Gasteiger partial charge < -0.3 is 21.3 Å². The molecule has 0 radical (unpaired) electrons. The molecule has 35 heavy (non-hydrogen) atoms. The number of nitrogens with one attached hydrogen (secondary N) is 2. The number of nitrogens with two attached hydrogens (primary N) is 1. The smallest absolute Gasteiger partial charge is 0.271 e. The molecule has 1 atom stereocenters. The van der Waals surface area contributed by atoms with Gasteiger partial charge in [-0.15, -0.1) is 11.3 Å². The Kier molecular flexibility index (Phi) is 6.33. The maximum Gasteiger partial charge on any atom is 0.271 e. The fraction of sp³-hybridized carbons (Fsp3) is 0.375. The third-order valence-electron chi connectivity index (χ3n) is 6.22. The molecular weight excluding hydrogens is 469 g/mol. The lowest BCUT2D eigenvalue weighted by molar-refractivity contribution is 0.0927. The van der Waals surface area contributed by atoms with Crippen molar-refractivity contribution in [2.24, 2.45) is 5.73 Å². The number of rotatable bonds is 7. The Hall–Kier alpha value is -3.60. The minimum Gasteiger partial charge on any atom is -0.364 e. The zero-order valence-corrected chi connectivity index (χ0v) is 20.1. The Morgan fingerprint density at radius 1 is 1.20 bits per heavy atom. The van der Waals surface area contributed by atoms with Crippen molar-refractivity contribution in [3.8, 4) is 0 Å². The summed E-state index contributed by atoms with van der Waals surface area (Å²) in [5, 5.41) is 7.63. The number of carbonyl (C=O) groups is 2. The topological polar surface area (TPSA) is 126 Å². The number of hydrogen-bond acceptors (Lipinski definition) is 8. The fourth-order valence-corrected chi connectivity index (χ4v) is 4.96. The van der Waals surface area contributed by atoms with Crippen LogP contribution in [0.15, 0.2) is 30.6 Å². The molecular formula is C24H26FN7O2S. The molecule has 1 aliphatic carbocycles. The van der Waals surface area contributed by atoms with Crippen LogP contribution < -0.4 is 21.3 Å². The van der Waals surface area contributed by atoms with E-state index in [0.29, 0.717) is 24.8 Å². The molecule has 0 spiro atoms. The zero-order chi connectivity index (χ0) is 24.5. The first-order valence-electron chi connectivity index (χ1n) is 11.6. The number of aryl methyl sites for hydroxylation is 1. The van der Waals surface area contributed by atoms with Crippen LogP contribution in [0.4, 0.5) is 21.0 Å². The number of piperidine rings is 1. The highest BCUT2D eigenvalue weighted by Crippen LogP contribution is 2.40. The first-order chi connectivity index (χ1) is 16.9. The van der Waals surface area contributed by atoms with Crippen LogP contribution in [0.5, 0.6) is 0 Å². The normalized spacial score (nSPS) is 17.8. The van der Waals surface area contributed by atoms with E-state index in [1.54, 1.807) is 12.3 Å². The molecule has 1 aliphatic heterocycles. The Morgan fingerprint density at radius 3 is 2.71 bits per heavy atom. The number of benzene rings is 1. The van der Waals surface area contributed by atoms with Gasteiger partial charge in [0.2, 0.25) is 0 Å². The molecule has 1 saturated carbocycles. The lowest BCUT2D eigenvalue weighted by Gasteiger charge is -2.34. The minimum atomic E-state index is -0.689. The Bertz CT molecular complexity index is 1280. The second kappa shape index (κ2) is 9.57. The summed E-state index contributed by atoms with van der Waals surface area (Å²) in [7, 11) is 0. The summed E-state index contributed by atoms with van der Waals surface area (Å²) in [6.45, 7) is 3.07. The van der Waals surface area contributed by atoms with Crippen LogP contribution in [-0.2, 0) is 0 Å². The summed E-state index contributed by atoms with van der Waals surface area (Å²) >= 11 is 1.42. The van der Waals surface area contributed by atoms with E-state index < -0.39 is 17.6 Å². The van der Waals surface area contributed by atoms with E-state index in [0.717, 1.165) is 41.3 Å². The number of hydrogen-bond donors (Lipinski definition) is 3. The van der Waals surface area contributed by atoms with Gasteiger partial charge in [0, 0.05) is 19.1 Å². The first kappa shape index (κ1) is 23.2. The summed E-state index contributed by atoms with van der Waals surface area (Å²) in [5.41, 5.74) is 6.54. The van der Waals surface area contributed by atoms with Crippen LogP contribution in [0.3, 0.4) is 0 Å². The summed E-state index contributed by atoms with van der Waals surface area (Å²) in [6.07, 6.45) is 6.89. The van der Waals surface area contributed by atoms with E-state index in [4.69, 9.17) is 5.73 Å². The molecule has 5 rings (SSSR count). The van der Waals surface area contributed by atoms with E-state index in [1.807, 2.05) is 17.9 Å². The van der Waals surface area contributed by atoms with Gasteiger partial charge in [0.25, 0.3) is 11.8 Å². The van der Waals surface area contributed by atoms with Gasteiger partial charge in [0.1, 0.15) is 16.6 Å². The molecule has 1 unspecified atom stereocenters. The van der Waals surface area contributed by atoms with Gasteiger partial charge in [-0.1, -0.05) is 6.07 Å². The van der Waals surface area contributed by atoms with Gasteiger partial charge in [-0.2, -0.15) is 0 Å². The lowest BCUT2D eigenvalue weighted by atomic mass is 10.0. The van der Waals surface area contributed by atoms with E-state index in [9.17, 15) is 14.0 Å². The number of anilines is 3. The summed E-state index contributed by atoms with van der Waals surface area (Å²) in [6, 6.07) is 4.72. The molecule has 2 fully saturated rings. The van der Waals surface area contributed by atoms with E-state index in [2.05, 4.69) is 25.6 Å². The van der Waals surface area contributed by atoms with Gasteiger partial charge in [-0.3, -0.25) is 9.59 Å². The van der Waals surface area contributed by atoms with Crippen LogP contribution in [0.2, 0.25) is 0 Å². The van der Waals surface area contributed by atoms with Crippen molar-refractivity contribution in [2.75, 3.05) is 23.3 Å². The number of primary amides is 1. The number of thiazole rings is 1. The number of nitrogens with zero attached hydrogens (tertiary/aromatic N) is 4. The highest BCUT2D eigenvalue weighted by Gasteiger charge is 2.27. The predicted molar refractivity (Wildman–Crippen MR) is 132 cm³/mol. The molecule has 3 heterocycles. The summed E-state index contributed by atoms with van der Waals surface area (Å²) < 4.78 is 14.6. The molecule has 11 heteroatoms. The summed E-state index contributed by atoms with van der Waals surface area (Å²) in [4.78, 5) is 39.7. The second-order valence-corrected chi connectivity index (χ2v) is 10.2. The molecule has 1 aromatic carbocycles. The molecule has 182 valence electrons. The minimum absolute atomic E-state index is 0.0341. The van der Waals surface area contributed by atoms with Crippen LogP contribution in [0, 0.1) is 12.7 Å². The number of halogens is 1. The van der Waals surface area contributed by atoms with Crippen molar-refractivity contribution in [2.45, 2.75) is 44.6 Å². The highest BCUT2D eigenvalue weighted by atomic mass is 32.1. The maximum atomic E-state index is 14.6. The standard InChI is InChI=1S/C24H26FN7O2S/c1-13-27-11-20(35-13)31-23-21(22(26)33)28-10-19(30-23)32-8-2-3-16(12-32)29-24(34)17-7-6-15(9-18(17)25)14-4-5-14/h6-7,9-11,14,16H,2-5,8,12H2,1H3,(H2,26,33)(H,29,34)(H,30,31). The van der Waals surface area contributed by atoms with Crippen molar-refractivity contribution in [3.63, 3.8) is 0 Å². The van der Waals surface area contributed by atoms with Gasteiger partial charge in [-0.05, 0) is 56.2 Å². The zero-order valence-electron chi connectivity index (χ0n) is 19.3. The van der Waals surface area contributed by atoms with Crippen molar-refractivity contribution in [3.05, 3.63) is 58.2 Å². The maximum absolute atomic E-state index is 14.6. The Morgan fingerprint density at radius 2 is 2.03 bits per heavy atom. The largest absolute Gasteiger partial charge is 0.364 e. The monoisotopic (exact) mass is 495 g/mol. The van der Waals surface area contributed by atoms with Crippen molar-refractivity contribution in [1.82, 2.24) is 20.3 Å². The quantitative estimate of drug-likeness (QED) is 0.458. The van der Waals surface area contributed by atoms with Crippen LogP contribution in [0.25, 0.3) is 0 Å². The predicted octanol–water partition coefficient (Wildman–Crippen LogP) is 3.50. The van der Waals surface area contributed by atoms with Crippen LogP contribution in [0.1, 0.15) is 63.0 Å². The average molecular weight is 496 g/mol. The molecule has 2 aromatic heterocycles. The first-order valence-corrected chi connectivity index (χ1v) is 12.4. The molecule has 3 aromatic rings. The number of amides is 2. The molecule has 9 nitrogen and oxygen atoms in total. The van der Waals surface area contributed by atoms with Gasteiger partial charge >= 0.3 is 0 Å². The highest BCUT2D eigenvalue weighted by molar-refractivity contribution is 7.15. The van der Waals surface area contributed by atoms with E-state index in [1.165, 1.54) is 23.6 Å². The second-order valence-electron chi connectivity index (χ2n) is 8.93. The van der Waals surface area contributed by atoms with E-state index >= 15 is 0 Å². The summed E-state index contributed by atoms with van der Waals surface area (Å²) in [5.74, 6) is -0.363. The van der Waals surface area contributed by atoms with Gasteiger partial charge in [-0.25, -0.2) is 19.3 Å². The third kappa shape index (κ3) is 5.24. The van der Waals surface area contributed by atoms with Gasteiger partial charge in [0.15, 0.2) is 11.5 Å². The average Bonchev–Trinajstić information content (AvgIpc) is 3.61. The fourth-order valence-electron chi connectivity index (χ4n) is 4.29. The Labute approximate surface area is 206 Å². The van der Waals surface area contributed by atoms with Crippen LogP contribution >= 0.6 is 11.3 Å². The molecule has 0 bridgehead atoms.